The maximum atomic E-state index is 11.5. The van der Waals surface area contributed by atoms with E-state index in [2.05, 4.69) is 10.0 Å². The molecule has 0 radical (unpaired) electrons. The minimum atomic E-state index is -3.31. The molecule has 4 N–H and O–H groups in total. The van der Waals surface area contributed by atoms with Gasteiger partial charge in [-0.2, -0.15) is 0 Å². The summed E-state index contributed by atoms with van der Waals surface area (Å²) in [6.45, 7) is 0.224. The molecule has 0 aromatic carbocycles. The summed E-state index contributed by atoms with van der Waals surface area (Å²) in [6, 6.07) is 3.09. The van der Waals surface area contributed by atoms with Gasteiger partial charge in [0.05, 0.1) is 12.3 Å². The van der Waals surface area contributed by atoms with Crippen molar-refractivity contribution in [3.63, 3.8) is 0 Å². The first-order chi connectivity index (χ1) is 7.98. The van der Waals surface area contributed by atoms with Crippen molar-refractivity contribution >= 4 is 15.9 Å². The highest BCUT2D eigenvalue weighted by Crippen LogP contribution is 2.06. The Kier molecular flexibility index (Phi) is 4.67. The highest BCUT2D eigenvalue weighted by Gasteiger charge is 2.12. The molecule has 8 heteroatoms. The van der Waals surface area contributed by atoms with Gasteiger partial charge in [-0.25, -0.2) is 13.1 Å². The van der Waals surface area contributed by atoms with E-state index in [1.54, 1.807) is 6.07 Å². The fourth-order valence-electron chi connectivity index (χ4n) is 1.10. The second-order valence-corrected chi connectivity index (χ2v) is 5.29. The van der Waals surface area contributed by atoms with Crippen molar-refractivity contribution in [1.29, 1.82) is 0 Å². The first-order valence-corrected chi connectivity index (χ1v) is 6.62. The van der Waals surface area contributed by atoms with Crippen LogP contribution in [-0.2, 0) is 16.6 Å². The summed E-state index contributed by atoms with van der Waals surface area (Å²) >= 11 is 0. The van der Waals surface area contributed by atoms with Crippen LogP contribution in [0.15, 0.2) is 16.5 Å². The van der Waals surface area contributed by atoms with Gasteiger partial charge < -0.3 is 15.5 Å². The van der Waals surface area contributed by atoms with E-state index in [1.165, 1.54) is 13.1 Å². The van der Waals surface area contributed by atoms with Crippen LogP contribution in [0.4, 0.5) is 0 Å². The van der Waals surface area contributed by atoms with Crippen molar-refractivity contribution < 1.29 is 17.6 Å². The lowest BCUT2D eigenvalue weighted by atomic mass is 10.4. The van der Waals surface area contributed by atoms with E-state index >= 15 is 0 Å². The third kappa shape index (κ3) is 4.17. The van der Waals surface area contributed by atoms with Gasteiger partial charge >= 0.3 is 0 Å². The van der Waals surface area contributed by atoms with Gasteiger partial charge in [0.2, 0.25) is 10.0 Å². The average molecular weight is 261 g/mol. The number of carbonyl (C=O) groups excluding carboxylic acids is 1. The largest absolute Gasteiger partial charge is 0.455 e. The van der Waals surface area contributed by atoms with E-state index in [0.29, 0.717) is 5.76 Å². The van der Waals surface area contributed by atoms with Gasteiger partial charge in [-0.3, -0.25) is 4.79 Å². The zero-order valence-corrected chi connectivity index (χ0v) is 10.2. The van der Waals surface area contributed by atoms with Crippen molar-refractivity contribution in [3.8, 4) is 0 Å². The standard InChI is InChI=1S/C9H15N3O4S/c1-11-17(14,15)5-4-12-9(13)8-3-2-7(6-10)16-8/h2-3,11H,4-6,10H2,1H3,(H,12,13). The lowest BCUT2D eigenvalue weighted by Crippen LogP contribution is -2.32. The summed E-state index contributed by atoms with van der Waals surface area (Å²) in [5, 5.41) is 2.43. The topological polar surface area (TPSA) is 114 Å². The monoisotopic (exact) mass is 261 g/mol. The minimum absolute atomic E-state index is 0.0145. The number of carbonyl (C=O) groups is 1. The summed E-state index contributed by atoms with van der Waals surface area (Å²) in [6.07, 6.45) is 0. The molecule has 7 nitrogen and oxygen atoms in total. The van der Waals surface area contributed by atoms with Crippen molar-refractivity contribution in [2.45, 2.75) is 6.54 Å². The molecule has 0 aliphatic rings. The molecule has 1 heterocycles. The zero-order valence-electron chi connectivity index (χ0n) is 9.39. The molecule has 1 aromatic rings. The maximum absolute atomic E-state index is 11.5. The number of nitrogens with one attached hydrogen (secondary N) is 2. The summed E-state index contributed by atoms with van der Waals surface area (Å²) in [7, 11) is -2.00. The van der Waals surface area contributed by atoms with E-state index in [1.807, 2.05) is 0 Å². The molecular formula is C9H15N3O4S. The number of furan rings is 1. The number of rotatable bonds is 6. The minimum Gasteiger partial charge on any atom is -0.455 e. The van der Waals surface area contributed by atoms with Crippen LogP contribution in [0.1, 0.15) is 16.3 Å². The smallest absolute Gasteiger partial charge is 0.287 e. The van der Waals surface area contributed by atoms with Crippen LogP contribution in [0.3, 0.4) is 0 Å². The van der Waals surface area contributed by atoms with Crippen molar-refractivity contribution in [2.75, 3.05) is 19.3 Å². The fraction of sp³-hybridized carbons (Fsp3) is 0.444. The Labute approximate surface area is 99.4 Å². The molecule has 0 saturated heterocycles. The highest BCUT2D eigenvalue weighted by molar-refractivity contribution is 7.89. The normalized spacial score (nSPS) is 11.4. The van der Waals surface area contributed by atoms with Crippen LogP contribution in [0.2, 0.25) is 0 Å². The first kappa shape index (κ1) is 13.7. The zero-order chi connectivity index (χ0) is 12.9. The molecule has 96 valence electrons. The fourth-order valence-corrected chi connectivity index (χ4v) is 1.67. The average Bonchev–Trinajstić information content (AvgIpc) is 2.77. The Balaban J connectivity index is 2.45. The Morgan fingerprint density at radius 2 is 2.18 bits per heavy atom. The van der Waals surface area contributed by atoms with E-state index in [4.69, 9.17) is 10.2 Å². The lowest BCUT2D eigenvalue weighted by Gasteiger charge is -2.03. The SMILES string of the molecule is CNS(=O)(=O)CCNC(=O)c1ccc(CN)o1. The molecule has 0 spiro atoms. The number of nitrogens with two attached hydrogens (primary N) is 1. The summed E-state index contributed by atoms with van der Waals surface area (Å²) in [5.74, 6) is -0.0269. The molecule has 1 amide bonds. The van der Waals surface area contributed by atoms with Gasteiger partial charge in [0.25, 0.3) is 5.91 Å². The number of hydrogen-bond donors (Lipinski definition) is 3. The highest BCUT2D eigenvalue weighted by atomic mass is 32.2. The maximum Gasteiger partial charge on any atom is 0.287 e. The Morgan fingerprint density at radius 1 is 1.47 bits per heavy atom. The van der Waals surface area contributed by atoms with Gasteiger partial charge in [-0.15, -0.1) is 0 Å². The molecule has 0 aliphatic carbocycles. The Bertz CT molecular complexity index is 480. The predicted molar refractivity (Wildman–Crippen MR) is 61.8 cm³/mol. The van der Waals surface area contributed by atoms with Crippen LogP contribution in [-0.4, -0.2) is 33.7 Å². The van der Waals surface area contributed by atoms with Crippen LogP contribution in [0.25, 0.3) is 0 Å². The Morgan fingerprint density at radius 3 is 2.71 bits per heavy atom. The van der Waals surface area contributed by atoms with E-state index in [0.717, 1.165) is 0 Å². The molecule has 17 heavy (non-hydrogen) atoms. The molecule has 0 atom stereocenters. The summed E-state index contributed by atoms with van der Waals surface area (Å²) < 4.78 is 29.4. The first-order valence-electron chi connectivity index (χ1n) is 4.96. The quantitative estimate of drug-likeness (QED) is 0.608. The summed E-state index contributed by atoms with van der Waals surface area (Å²) in [4.78, 5) is 11.5. The lowest BCUT2D eigenvalue weighted by molar-refractivity contribution is 0.0927. The van der Waals surface area contributed by atoms with Crippen LogP contribution in [0.5, 0.6) is 0 Å². The molecule has 1 aromatic heterocycles. The van der Waals surface area contributed by atoms with Gasteiger partial charge in [0.1, 0.15) is 5.76 Å². The molecule has 0 unspecified atom stereocenters. The number of sulfonamides is 1. The van der Waals surface area contributed by atoms with Gasteiger partial charge in [0.15, 0.2) is 5.76 Å². The molecule has 1 rings (SSSR count). The summed E-state index contributed by atoms with van der Waals surface area (Å²) in [5.41, 5.74) is 5.33. The molecular weight excluding hydrogens is 246 g/mol. The number of hydrogen-bond acceptors (Lipinski definition) is 5. The Hall–Kier alpha value is -1.38. The van der Waals surface area contributed by atoms with Gasteiger partial charge in [-0.05, 0) is 19.2 Å². The van der Waals surface area contributed by atoms with Gasteiger partial charge in [-0.1, -0.05) is 0 Å². The van der Waals surface area contributed by atoms with E-state index in [9.17, 15) is 13.2 Å². The molecule has 0 bridgehead atoms. The van der Waals surface area contributed by atoms with E-state index < -0.39 is 15.9 Å². The third-order valence-corrected chi connectivity index (χ3v) is 3.42. The van der Waals surface area contributed by atoms with Gasteiger partial charge in [0, 0.05) is 6.54 Å². The second-order valence-electron chi connectivity index (χ2n) is 3.25. The second kappa shape index (κ2) is 5.80. The van der Waals surface area contributed by atoms with Crippen molar-refractivity contribution in [1.82, 2.24) is 10.0 Å². The number of amides is 1. The van der Waals surface area contributed by atoms with Crippen LogP contribution >= 0.6 is 0 Å². The molecule has 0 fully saturated rings. The third-order valence-electron chi connectivity index (χ3n) is 2.05. The van der Waals surface area contributed by atoms with Crippen molar-refractivity contribution in [2.24, 2.45) is 5.73 Å². The van der Waals surface area contributed by atoms with E-state index in [-0.39, 0.29) is 24.6 Å². The molecule has 0 saturated carbocycles. The van der Waals surface area contributed by atoms with Crippen molar-refractivity contribution in [3.05, 3.63) is 23.7 Å². The van der Waals surface area contributed by atoms with Crippen LogP contribution in [0, 0.1) is 0 Å². The molecule has 0 aliphatic heterocycles. The van der Waals surface area contributed by atoms with Crippen LogP contribution < -0.4 is 15.8 Å². The predicted octanol–water partition coefficient (Wildman–Crippen LogP) is -0.983.